The van der Waals surface area contributed by atoms with Gasteiger partial charge in [-0.1, -0.05) is 48.0 Å². The summed E-state index contributed by atoms with van der Waals surface area (Å²) in [6.07, 6.45) is 4.25. The van der Waals surface area contributed by atoms with Gasteiger partial charge >= 0.3 is 0 Å². The minimum Gasteiger partial charge on any atom is -0.497 e. The molecule has 4 nitrogen and oxygen atoms in total. The van der Waals surface area contributed by atoms with Crippen molar-refractivity contribution in [3.63, 3.8) is 0 Å². The summed E-state index contributed by atoms with van der Waals surface area (Å²) in [7, 11) is 1.67. The summed E-state index contributed by atoms with van der Waals surface area (Å²) >= 11 is 6.13. The van der Waals surface area contributed by atoms with Crippen molar-refractivity contribution in [3.05, 3.63) is 107 Å². The van der Waals surface area contributed by atoms with E-state index in [1.807, 2.05) is 48.5 Å². The molecule has 0 fully saturated rings. The van der Waals surface area contributed by atoms with Gasteiger partial charge in [0.1, 0.15) is 5.75 Å². The fourth-order valence-corrected chi connectivity index (χ4v) is 5.09. The molecule has 1 atom stereocenters. The number of aromatic nitrogens is 1. The Morgan fingerprint density at radius 2 is 1.77 bits per heavy atom. The second kappa shape index (κ2) is 10.4. The van der Waals surface area contributed by atoms with Crippen LogP contribution in [0.2, 0.25) is 5.02 Å². The Bertz CT molecular complexity index is 1310. The second-order valence-corrected chi connectivity index (χ2v) is 9.40. The largest absolute Gasteiger partial charge is 0.497 e. The standard InChI is InChI=1S/C30H29ClN2O2/c1-35-26-17-13-24(14-18-26)33-25(15-19-29(33)22-9-11-23(31)12-10-22)16-20-30(34)32-28-8-4-6-21-5-2-3-7-27(21)28/h2-3,5,7,9-15,17-19,28H,4,6,8,16,20H2,1H3,(H,32,34)/t28-/m0/s1. The number of methoxy groups -OCH3 is 1. The SMILES string of the molecule is COc1ccc(-n2c(CCC(=O)N[C@H]3CCCc4ccccc43)ccc2-c2ccc(Cl)cc2)cc1. The van der Waals surface area contributed by atoms with Crippen molar-refractivity contribution in [2.24, 2.45) is 0 Å². The molecule has 5 heteroatoms. The molecule has 0 saturated carbocycles. The molecule has 5 rings (SSSR count). The van der Waals surface area contributed by atoms with Crippen molar-refractivity contribution in [1.29, 1.82) is 0 Å². The molecule has 0 bridgehead atoms. The third kappa shape index (κ3) is 5.13. The van der Waals surface area contributed by atoms with Gasteiger partial charge in [-0.2, -0.15) is 0 Å². The van der Waals surface area contributed by atoms with Crippen molar-refractivity contribution >= 4 is 17.5 Å². The molecule has 0 aliphatic heterocycles. The van der Waals surface area contributed by atoms with Crippen molar-refractivity contribution in [3.8, 4) is 22.7 Å². The molecule has 0 spiro atoms. The second-order valence-electron chi connectivity index (χ2n) is 8.96. The van der Waals surface area contributed by atoms with E-state index < -0.39 is 0 Å². The van der Waals surface area contributed by atoms with Gasteiger partial charge in [0.2, 0.25) is 5.91 Å². The Hall–Kier alpha value is -3.50. The quantitative estimate of drug-likeness (QED) is 0.309. The third-order valence-corrected chi connectivity index (χ3v) is 7.00. The first-order valence-electron chi connectivity index (χ1n) is 12.1. The van der Waals surface area contributed by atoms with Gasteiger partial charge in [0, 0.05) is 22.8 Å². The predicted molar refractivity (Wildman–Crippen MR) is 141 cm³/mol. The maximum Gasteiger partial charge on any atom is 0.220 e. The minimum absolute atomic E-state index is 0.0854. The molecule has 3 aromatic carbocycles. The number of aryl methyl sites for hydroxylation is 2. The molecular weight excluding hydrogens is 456 g/mol. The van der Waals surface area contributed by atoms with Crippen molar-refractivity contribution in [2.45, 2.75) is 38.1 Å². The van der Waals surface area contributed by atoms with Crippen LogP contribution in [0.4, 0.5) is 0 Å². The van der Waals surface area contributed by atoms with Crippen LogP contribution in [0.3, 0.4) is 0 Å². The smallest absolute Gasteiger partial charge is 0.220 e. The number of ether oxygens (including phenoxy) is 1. The Kier molecular flexibility index (Phi) is 6.91. The molecule has 178 valence electrons. The highest BCUT2D eigenvalue weighted by atomic mass is 35.5. The van der Waals surface area contributed by atoms with Gasteiger partial charge < -0.3 is 14.6 Å². The molecule has 1 aliphatic carbocycles. The van der Waals surface area contributed by atoms with Crippen molar-refractivity contribution in [1.82, 2.24) is 9.88 Å². The van der Waals surface area contributed by atoms with E-state index in [9.17, 15) is 4.79 Å². The van der Waals surface area contributed by atoms with Crippen molar-refractivity contribution < 1.29 is 9.53 Å². The van der Waals surface area contributed by atoms with Crippen LogP contribution in [-0.4, -0.2) is 17.6 Å². The summed E-state index contributed by atoms with van der Waals surface area (Å²) < 4.78 is 7.56. The fourth-order valence-electron chi connectivity index (χ4n) is 4.97. The summed E-state index contributed by atoms with van der Waals surface area (Å²) in [6, 6.07) is 28.6. The molecule has 1 aliphatic rings. The molecule has 1 aromatic heterocycles. The number of hydrogen-bond acceptors (Lipinski definition) is 2. The number of rotatable bonds is 7. The number of amides is 1. The normalized spacial score (nSPS) is 14.9. The topological polar surface area (TPSA) is 43.3 Å². The zero-order chi connectivity index (χ0) is 24.2. The average molecular weight is 485 g/mol. The monoisotopic (exact) mass is 484 g/mol. The molecule has 4 aromatic rings. The van der Waals surface area contributed by atoms with E-state index in [1.165, 1.54) is 11.1 Å². The van der Waals surface area contributed by atoms with Gasteiger partial charge in [-0.3, -0.25) is 4.79 Å². The minimum atomic E-state index is 0.0854. The maximum atomic E-state index is 13.0. The van der Waals surface area contributed by atoms with E-state index in [0.717, 1.165) is 47.7 Å². The van der Waals surface area contributed by atoms with E-state index in [2.05, 4.69) is 46.3 Å². The number of benzene rings is 3. The lowest BCUT2D eigenvalue weighted by molar-refractivity contribution is -0.121. The number of hydrogen-bond donors (Lipinski definition) is 1. The highest BCUT2D eigenvalue weighted by Crippen LogP contribution is 2.31. The van der Waals surface area contributed by atoms with Crippen LogP contribution < -0.4 is 10.1 Å². The maximum absolute atomic E-state index is 13.0. The number of nitrogens with one attached hydrogen (secondary N) is 1. The first kappa shape index (κ1) is 23.3. The first-order chi connectivity index (χ1) is 17.1. The molecular formula is C30H29ClN2O2. The van der Waals surface area contributed by atoms with Crippen molar-refractivity contribution in [2.75, 3.05) is 7.11 Å². The van der Waals surface area contributed by atoms with Gasteiger partial charge in [0.25, 0.3) is 0 Å². The van der Waals surface area contributed by atoms with Crippen LogP contribution in [0.25, 0.3) is 16.9 Å². The molecule has 0 unspecified atom stereocenters. The molecule has 1 N–H and O–H groups in total. The summed E-state index contributed by atoms with van der Waals surface area (Å²) in [5.74, 6) is 0.893. The van der Waals surface area contributed by atoms with E-state index in [-0.39, 0.29) is 11.9 Å². The highest BCUT2D eigenvalue weighted by Gasteiger charge is 2.21. The van der Waals surface area contributed by atoms with Crippen LogP contribution in [0.5, 0.6) is 5.75 Å². The number of fused-ring (bicyclic) bond motifs is 1. The molecule has 0 radical (unpaired) electrons. The molecule has 1 amide bonds. The zero-order valence-electron chi connectivity index (χ0n) is 19.8. The summed E-state index contributed by atoms with van der Waals surface area (Å²) in [5.41, 5.74) is 6.85. The van der Waals surface area contributed by atoms with E-state index in [4.69, 9.17) is 16.3 Å². The van der Waals surface area contributed by atoms with Gasteiger partial charge in [0.15, 0.2) is 0 Å². The third-order valence-electron chi connectivity index (χ3n) is 6.75. The summed E-state index contributed by atoms with van der Waals surface area (Å²) in [5, 5.41) is 3.99. The van der Waals surface area contributed by atoms with E-state index >= 15 is 0 Å². The fraction of sp³-hybridized carbons (Fsp3) is 0.233. The summed E-state index contributed by atoms with van der Waals surface area (Å²) in [4.78, 5) is 13.0. The Morgan fingerprint density at radius 3 is 2.54 bits per heavy atom. The van der Waals surface area contributed by atoms with Crippen LogP contribution in [0.1, 0.15) is 42.1 Å². The Balaban J connectivity index is 1.37. The Labute approximate surface area is 211 Å². The van der Waals surface area contributed by atoms with Gasteiger partial charge in [-0.05, 0) is 90.9 Å². The highest BCUT2D eigenvalue weighted by molar-refractivity contribution is 6.30. The van der Waals surface area contributed by atoms with Crippen LogP contribution in [0, 0.1) is 0 Å². The lowest BCUT2D eigenvalue weighted by Gasteiger charge is -2.26. The summed E-state index contributed by atoms with van der Waals surface area (Å²) in [6.45, 7) is 0. The molecule has 1 heterocycles. The lowest BCUT2D eigenvalue weighted by Crippen LogP contribution is -2.31. The Morgan fingerprint density at radius 1 is 1.00 bits per heavy atom. The van der Waals surface area contributed by atoms with E-state index in [1.54, 1.807) is 7.11 Å². The van der Waals surface area contributed by atoms with Crippen LogP contribution in [0.15, 0.2) is 84.9 Å². The van der Waals surface area contributed by atoms with Crippen LogP contribution in [-0.2, 0) is 17.6 Å². The average Bonchev–Trinajstić information content (AvgIpc) is 3.32. The number of nitrogens with zero attached hydrogens (tertiary/aromatic N) is 1. The predicted octanol–water partition coefficient (Wildman–Crippen LogP) is 6.93. The van der Waals surface area contributed by atoms with Gasteiger partial charge in [-0.25, -0.2) is 0 Å². The zero-order valence-corrected chi connectivity index (χ0v) is 20.6. The lowest BCUT2D eigenvalue weighted by atomic mass is 9.87. The molecule has 35 heavy (non-hydrogen) atoms. The number of carbonyl (C=O) groups is 1. The number of carbonyl (C=O) groups excluding carboxylic acids is 1. The first-order valence-corrected chi connectivity index (χ1v) is 12.5. The molecule has 0 saturated heterocycles. The van der Waals surface area contributed by atoms with Gasteiger partial charge in [-0.15, -0.1) is 0 Å². The van der Waals surface area contributed by atoms with Gasteiger partial charge in [0.05, 0.1) is 18.8 Å². The number of halogens is 1. The van der Waals surface area contributed by atoms with E-state index in [0.29, 0.717) is 17.9 Å². The van der Waals surface area contributed by atoms with Crippen LogP contribution >= 0.6 is 11.6 Å².